The first-order valence-electron chi connectivity index (χ1n) is 7.34. The molecule has 1 aliphatic rings. The van der Waals surface area contributed by atoms with Crippen LogP contribution in [0.1, 0.15) is 18.9 Å². The van der Waals surface area contributed by atoms with Crippen molar-refractivity contribution in [1.82, 2.24) is 9.21 Å². The van der Waals surface area contributed by atoms with Gasteiger partial charge in [0.1, 0.15) is 10.6 Å². The zero-order valence-corrected chi connectivity index (χ0v) is 13.8. The number of rotatable bonds is 5. The molecule has 5 nitrogen and oxygen atoms in total. The first-order chi connectivity index (χ1) is 9.98. The van der Waals surface area contributed by atoms with Crippen LogP contribution >= 0.6 is 0 Å². The van der Waals surface area contributed by atoms with Crippen molar-refractivity contribution >= 4 is 10.0 Å². The van der Waals surface area contributed by atoms with Crippen molar-refractivity contribution in [2.45, 2.75) is 24.7 Å². The van der Waals surface area contributed by atoms with Crippen molar-refractivity contribution in [2.24, 2.45) is 0 Å². The maximum Gasteiger partial charge on any atom is 0.246 e. The highest BCUT2D eigenvalue weighted by Gasteiger charge is 2.29. The molecule has 2 rings (SSSR count). The lowest BCUT2D eigenvalue weighted by Gasteiger charge is -2.31. The fourth-order valence-electron chi connectivity index (χ4n) is 2.54. The molecule has 0 unspecified atom stereocenters. The van der Waals surface area contributed by atoms with Gasteiger partial charge in [0.25, 0.3) is 0 Å². The van der Waals surface area contributed by atoms with Crippen molar-refractivity contribution in [3.05, 3.63) is 23.8 Å². The lowest BCUT2D eigenvalue weighted by atomic mass is 10.1. The summed E-state index contributed by atoms with van der Waals surface area (Å²) in [5.41, 5.74) is 1.10. The van der Waals surface area contributed by atoms with Crippen LogP contribution in [-0.2, 0) is 16.4 Å². The molecule has 6 heteroatoms. The van der Waals surface area contributed by atoms with Gasteiger partial charge in [-0.15, -0.1) is 0 Å². The van der Waals surface area contributed by atoms with E-state index in [4.69, 9.17) is 4.74 Å². The molecule has 0 atom stereocenters. The van der Waals surface area contributed by atoms with Crippen LogP contribution < -0.4 is 4.74 Å². The van der Waals surface area contributed by atoms with Gasteiger partial charge in [0, 0.05) is 26.2 Å². The quantitative estimate of drug-likeness (QED) is 0.828. The maximum atomic E-state index is 12.8. The summed E-state index contributed by atoms with van der Waals surface area (Å²) in [4.78, 5) is 2.41. The molecule has 0 radical (unpaired) electrons. The van der Waals surface area contributed by atoms with Crippen LogP contribution in [0.15, 0.2) is 23.1 Å². The van der Waals surface area contributed by atoms with Gasteiger partial charge >= 0.3 is 0 Å². The van der Waals surface area contributed by atoms with E-state index in [2.05, 4.69) is 11.8 Å². The summed E-state index contributed by atoms with van der Waals surface area (Å²) in [6.07, 6.45) is 1.94. The summed E-state index contributed by atoms with van der Waals surface area (Å²) in [5.74, 6) is 0.444. The molecule has 1 aliphatic heterocycles. The summed E-state index contributed by atoms with van der Waals surface area (Å²) in [6, 6.07) is 5.40. The van der Waals surface area contributed by atoms with Crippen molar-refractivity contribution in [2.75, 3.05) is 40.3 Å². The number of sulfonamides is 1. The van der Waals surface area contributed by atoms with Crippen LogP contribution in [0.3, 0.4) is 0 Å². The van der Waals surface area contributed by atoms with Gasteiger partial charge < -0.3 is 9.64 Å². The third-order valence-electron chi connectivity index (χ3n) is 3.85. The lowest BCUT2D eigenvalue weighted by molar-refractivity contribution is 0.222. The molecule has 0 amide bonds. The normalized spacial score (nSPS) is 17.9. The van der Waals surface area contributed by atoms with E-state index >= 15 is 0 Å². The zero-order valence-electron chi connectivity index (χ0n) is 13.0. The fraction of sp³-hybridized carbons (Fsp3) is 0.600. The average Bonchev–Trinajstić information content (AvgIpc) is 2.47. The number of nitrogens with zero attached hydrogens (tertiary/aromatic N) is 2. The average molecular weight is 312 g/mol. The number of methoxy groups -OCH3 is 1. The first kappa shape index (κ1) is 16.3. The third kappa shape index (κ3) is 3.56. The molecule has 1 heterocycles. The predicted molar refractivity (Wildman–Crippen MR) is 83.2 cm³/mol. The summed E-state index contributed by atoms with van der Waals surface area (Å²) in [7, 11) is 0.0477. The minimum atomic E-state index is -3.48. The molecule has 1 aromatic rings. The van der Waals surface area contributed by atoms with Gasteiger partial charge in [0.2, 0.25) is 10.0 Å². The van der Waals surface area contributed by atoms with Gasteiger partial charge in [-0.3, -0.25) is 0 Å². The molecule has 0 bridgehead atoms. The van der Waals surface area contributed by atoms with Crippen LogP contribution in [0.4, 0.5) is 0 Å². The monoisotopic (exact) mass is 312 g/mol. The van der Waals surface area contributed by atoms with E-state index in [1.165, 1.54) is 7.11 Å². The van der Waals surface area contributed by atoms with Crippen molar-refractivity contribution in [3.63, 3.8) is 0 Å². The van der Waals surface area contributed by atoms with E-state index in [1.54, 1.807) is 10.4 Å². The van der Waals surface area contributed by atoms with Crippen LogP contribution in [-0.4, -0.2) is 58.0 Å². The Kier molecular flexibility index (Phi) is 5.24. The van der Waals surface area contributed by atoms with E-state index in [0.717, 1.165) is 31.5 Å². The van der Waals surface area contributed by atoms with E-state index in [0.29, 0.717) is 18.8 Å². The molecular formula is C15H24N2O3S. The third-order valence-corrected chi connectivity index (χ3v) is 5.78. The number of aryl methyl sites for hydroxylation is 1. The maximum absolute atomic E-state index is 12.8. The zero-order chi connectivity index (χ0) is 15.5. The Morgan fingerprint density at radius 1 is 1.19 bits per heavy atom. The van der Waals surface area contributed by atoms with Gasteiger partial charge in [-0.1, -0.05) is 19.4 Å². The number of hydrogen-bond donors (Lipinski definition) is 0. The molecular weight excluding hydrogens is 288 g/mol. The van der Waals surface area contributed by atoms with Crippen molar-refractivity contribution in [3.8, 4) is 5.75 Å². The van der Waals surface area contributed by atoms with E-state index in [-0.39, 0.29) is 4.90 Å². The minimum Gasteiger partial charge on any atom is -0.495 e. The van der Waals surface area contributed by atoms with Gasteiger partial charge in [0.05, 0.1) is 7.11 Å². The summed E-state index contributed by atoms with van der Waals surface area (Å²) < 4.78 is 32.4. The van der Waals surface area contributed by atoms with E-state index in [9.17, 15) is 8.42 Å². The van der Waals surface area contributed by atoms with E-state index < -0.39 is 10.0 Å². The van der Waals surface area contributed by atoms with Crippen LogP contribution in [0.2, 0.25) is 0 Å². The Bertz CT molecular complexity index is 579. The Morgan fingerprint density at radius 2 is 1.86 bits per heavy atom. The van der Waals surface area contributed by atoms with Gasteiger partial charge in [-0.05, 0) is 31.2 Å². The molecule has 1 saturated heterocycles. The molecule has 0 aliphatic carbocycles. The second kappa shape index (κ2) is 6.77. The number of ether oxygens (including phenoxy) is 1. The Balaban J connectivity index is 2.31. The van der Waals surface area contributed by atoms with Crippen LogP contribution in [0, 0.1) is 0 Å². The molecule has 1 fully saturated rings. The molecule has 1 aromatic carbocycles. The first-order valence-corrected chi connectivity index (χ1v) is 8.78. The highest BCUT2D eigenvalue weighted by Crippen LogP contribution is 2.28. The second-order valence-electron chi connectivity index (χ2n) is 5.44. The smallest absolute Gasteiger partial charge is 0.246 e. The minimum absolute atomic E-state index is 0.273. The fourth-order valence-corrected chi connectivity index (χ4v) is 4.10. The summed E-state index contributed by atoms with van der Waals surface area (Å²) >= 11 is 0. The van der Waals surface area contributed by atoms with Crippen molar-refractivity contribution < 1.29 is 13.2 Å². The Morgan fingerprint density at radius 3 is 2.43 bits per heavy atom. The SMILES string of the molecule is CCCc1ccc(S(=O)(=O)N2CCN(C)CC2)c(OC)c1. The van der Waals surface area contributed by atoms with Crippen LogP contribution in [0.5, 0.6) is 5.75 Å². The van der Waals surface area contributed by atoms with Gasteiger partial charge in [-0.25, -0.2) is 8.42 Å². The topological polar surface area (TPSA) is 49.9 Å². The molecule has 0 aromatic heterocycles. The predicted octanol–water partition coefficient (Wildman–Crippen LogP) is 1.58. The van der Waals surface area contributed by atoms with E-state index in [1.807, 2.05) is 19.2 Å². The second-order valence-corrected chi connectivity index (χ2v) is 7.35. The molecule has 0 saturated carbocycles. The number of piperazine rings is 1. The highest BCUT2D eigenvalue weighted by atomic mass is 32.2. The number of hydrogen-bond acceptors (Lipinski definition) is 4. The molecule has 21 heavy (non-hydrogen) atoms. The Hall–Kier alpha value is -1.11. The van der Waals surface area contributed by atoms with Crippen LogP contribution in [0.25, 0.3) is 0 Å². The number of likely N-dealkylation sites (N-methyl/N-ethyl adjacent to an activating group) is 1. The highest BCUT2D eigenvalue weighted by molar-refractivity contribution is 7.89. The molecule has 0 spiro atoms. The molecule has 118 valence electrons. The Labute approximate surface area is 127 Å². The number of benzene rings is 1. The summed E-state index contributed by atoms with van der Waals surface area (Å²) in [5, 5.41) is 0. The lowest BCUT2D eigenvalue weighted by Crippen LogP contribution is -2.47. The van der Waals surface area contributed by atoms with Gasteiger partial charge in [-0.2, -0.15) is 4.31 Å². The standard InChI is InChI=1S/C15H24N2O3S/c1-4-5-13-6-7-15(14(12-13)20-3)21(18,19)17-10-8-16(2)9-11-17/h6-7,12H,4-5,8-11H2,1-3H3. The van der Waals surface area contributed by atoms with Gasteiger partial charge in [0.15, 0.2) is 0 Å². The van der Waals surface area contributed by atoms with Crippen molar-refractivity contribution in [1.29, 1.82) is 0 Å². The molecule has 0 N–H and O–H groups in total. The summed E-state index contributed by atoms with van der Waals surface area (Å²) in [6.45, 7) is 4.67. The largest absolute Gasteiger partial charge is 0.495 e.